The van der Waals surface area contributed by atoms with Crippen LogP contribution in [-0.4, -0.2) is 53.0 Å². The Morgan fingerprint density at radius 2 is 1.95 bits per heavy atom. The van der Waals surface area contributed by atoms with Crippen LogP contribution in [0.15, 0.2) is 58.5 Å². The molecule has 3 aromatic rings. The van der Waals surface area contributed by atoms with Gasteiger partial charge in [-0.1, -0.05) is 25.5 Å². The molecule has 1 unspecified atom stereocenters. The number of methoxy groups -OCH3 is 1. The summed E-state index contributed by atoms with van der Waals surface area (Å²) in [5, 5.41) is 16.2. The zero-order valence-electron chi connectivity index (χ0n) is 23.5. The van der Waals surface area contributed by atoms with Crippen molar-refractivity contribution in [2.45, 2.75) is 45.5 Å². The summed E-state index contributed by atoms with van der Waals surface area (Å²) in [7, 11) is 5.32. The molecule has 1 atom stereocenters. The summed E-state index contributed by atoms with van der Waals surface area (Å²) in [6.07, 6.45) is -2.63. The molecule has 1 aromatic heterocycles. The zero-order valence-corrected chi connectivity index (χ0v) is 23.5. The Hall–Kier alpha value is -4.37. The van der Waals surface area contributed by atoms with Crippen LogP contribution in [0.5, 0.6) is 0 Å². The molecule has 2 heterocycles. The van der Waals surface area contributed by atoms with Crippen molar-refractivity contribution in [2.75, 3.05) is 32.6 Å². The normalized spacial score (nSPS) is 15.5. The van der Waals surface area contributed by atoms with Gasteiger partial charge in [-0.3, -0.25) is 4.90 Å². The fourth-order valence-electron chi connectivity index (χ4n) is 5.28. The number of hydrogen-bond donors (Lipinski definition) is 1. The number of esters is 1. The average molecular weight is 570 g/mol. The van der Waals surface area contributed by atoms with Crippen molar-refractivity contribution in [3.63, 3.8) is 0 Å². The zero-order chi connectivity index (χ0) is 30.1. The minimum absolute atomic E-state index is 0.0134. The molecule has 1 aliphatic rings. The van der Waals surface area contributed by atoms with Gasteiger partial charge in [0.15, 0.2) is 0 Å². The van der Waals surface area contributed by atoms with Crippen molar-refractivity contribution in [2.24, 2.45) is 0 Å². The molecule has 12 heteroatoms. The SMILES string of the molecule is CCCC[N+](C)(C)Cc1cc(C#N)ccc1C1C(C(=O)OC)=C(C)N(c2cccc(C(F)(F)F)c2)c2n[nH]c(=O)n21. The van der Waals surface area contributed by atoms with E-state index in [4.69, 9.17) is 4.74 Å². The van der Waals surface area contributed by atoms with Crippen molar-refractivity contribution in [1.29, 1.82) is 5.26 Å². The number of rotatable bonds is 8. The Kier molecular flexibility index (Phi) is 8.12. The second kappa shape index (κ2) is 11.2. The number of quaternary nitrogens is 1. The summed E-state index contributed by atoms with van der Waals surface area (Å²) < 4.78 is 47.7. The molecule has 0 radical (unpaired) electrons. The number of nitriles is 1. The van der Waals surface area contributed by atoms with E-state index in [1.54, 1.807) is 25.1 Å². The number of carbonyl (C=O) groups is 1. The molecule has 0 bridgehead atoms. The molecule has 2 aromatic carbocycles. The van der Waals surface area contributed by atoms with E-state index in [0.29, 0.717) is 22.2 Å². The number of allylic oxidation sites excluding steroid dienone is 1. The summed E-state index contributed by atoms with van der Waals surface area (Å²) in [4.78, 5) is 28.0. The number of benzene rings is 2. The van der Waals surface area contributed by atoms with Gasteiger partial charge in [-0.2, -0.15) is 18.4 Å². The number of aromatic nitrogens is 3. The molecule has 0 fully saturated rings. The molecule has 1 N–H and O–H groups in total. The molecule has 0 saturated carbocycles. The van der Waals surface area contributed by atoms with Crippen molar-refractivity contribution < 1.29 is 27.2 Å². The average Bonchev–Trinajstić information content (AvgIpc) is 3.30. The van der Waals surface area contributed by atoms with E-state index >= 15 is 0 Å². The summed E-state index contributed by atoms with van der Waals surface area (Å²) >= 11 is 0. The second-order valence-electron chi connectivity index (χ2n) is 10.7. The third-order valence-electron chi connectivity index (χ3n) is 7.26. The van der Waals surface area contributed by atoms with Gasteiger partial charge in [-0.15, -0.1) is 5.10 Å². The van der Waals surface area contributed by atoms with Gasteiger partial charge in [0.25, 0.3) is 0 Å². The van der Waals surface area contributed by atoms with Crippen LogP contribution < -0.4 is 10.6 Å². The second-order valence-corrected chi connectivity index (χ2v) is 10.7. The highest BCUT2D eigenvalue weighted by molar-refractivity contribution is 5.93. The lowest BCUT2D eigenvalue weighted by Crippen LogP contribution is -2.41. The maximum Gasteiger partial charge on any atom is 0.416 e. The first-order chi connectivity index (χ1) is 19.3. The largest absolute Gasteiger partial charge is 0.466 e. The molecule has 4 rings (SSSR count). The number of fused-ring (bicyclic) bond motifs is 1. The van der Waals surface area contributed by atoms with E-state index in [0.717, 1.165) is 37.1 Å². The number of anilines is 2. The molecule has 216 valence electrons. The predicted octanol–water partition coefficient (Wildman–Crippen LogP) is 5.03. The minimum Gasteiger partial charge on any atom is -0.466 e. The van der Waals surface area contributed by atoms with Crippen molar-refractivity contribution in [3.05, 3.63) is 86.5 Å². The molecule has 9 nitrogen and oxygen atoms in total. The number of alkyl halides is 3. The van der Waals surface area contributed by atoms with Gasteiger partial charge in [0.1, 0.15) is 12.6 Å². The molecule has 0 saturated heterocycles. The van der Waals surface area contributed by atoms with Gasteiger partial charge < -0.3 is 9.22 Å². The fraction of sp³-hybridized carbons (Fsp3) is 0.379. The van der Waals surface area contributed by atoms with E-state index in [2.05, 4.69) is 37.3 Å². The number of nitrogens with one attached hydrogen (secondary N) is 1. The van der Waals surface area contributed by atoms with Crippen LogP contribution in [-0.2, 0) is 22.3 Å². The third-order valence-corrected chi connectivity index (χ3v) is 7.26. The first-order valence-electron chi connectivity index (χ1n) is 13.1. The highest BCUT2D eigenvalue weighted by atomic mass is 19.4. The van der Waals surface area contributed by atoms with Gasteiger partial charge in [0, 0.05) is 16.9 Å². The molecule has 1 aliphatic heterocycles. The lowest BCUT2D eigenvalue weighted by atomic mass is 9.89. The number of halogens is 3. The van der Waals surface area contributed by atoms with E-state index in [-0.39, 0.29) is 22.9 Å². The Morgan fingerprint density at radius 1 is 1.22 bits per heavy atom. The Labute approximate surface area is 235 Å². The summed E-state index contributed by atoms with van der Waals surface area (Å²) in [5.74, 6) is -0.738. The summed E-state index contributed by atoms with van der Waals surface area (Å²) in [5.41, 5.74) is 0.571. The molecule has 41 heavy (non-hydrogen) atoms. The fourth-order valence-corrected chi connectivity index (χ4v) is 5.28. The standard InChI is InChI=1S/C29H31F3N6O3/c1-6-7-13-38(3,4)17-20-14-19(16-33)11-12-23(20)25-24(26(39)41-5)18(2)36(27-34-35-28(40)37(25)27)22-10-8-9-21(15-22)29(30,31)32/h8-12,14-15,25H,6-7,13,17H2,1-5H3/p+1. The van der Waals surface area contributed by atoms with Gasteiger partial charge in [-0.25, -0.2) is 19.3 Å². The maximum atomic E-state index is 13.6. The van der Waals surface area contributed by atoms with Crippen molar-refractivity contribution >= 4 is 17.6 Å². The number of hydrogen-bond acceptors (Lipinski definition) is 6. The molecular weight excluding hydrogens is 537 g/mol. The van der Waals surface area contributed by atoms with E-state index in [1.807, 2.05) is 0 Å². The Balaban J connectivity index is 1.99. The van der Waals surface area contributed by atoms with Crippen LogP contribution >= 0.6 is 0 Å². The number of carbonyl (C=O) groups excluding carboxylic acids is 1. The van der Waals surface area contributed by atoms with Crippen LogP contribution in [0.25, 0.3) is 0 Å². The number of unbranched alkanes of at least 4 members (excludes halogenated alkanes) is 1. The number of ether oxygens (including phenoxy) is 1. The highest BCUT2D eigenvalue weighted by Gasteiger charge is 2.41. The Bertz CT molecular complexity index is 1600. The van der Waals surface area contributed by atoms with Crippen molar-refractivity contribution in [3.8, 4) is 6.07 Å². The summed E-state index contributed by atoms with van der Waals surface area (Å²) in [6, 6.07) is 10.8. The predicted molar refractivity (Wildman–Crippen MR) is 146 cm³/mol. The van der Waals surface area contributed by atoms with Crippen LogP contribution in [0.1, 0.15) is 55.0 Å². The number of nitrogens with zero attached hydrogens (tertiary/aromatic N) is 5. The van der Waals surface area contributed by atoms with Gasteiger partial charge in [0.05, 0.1) is 50.5 Å². The van der Waals surface area contributed by atoms with Crippen LogP contribution in [0.3, 0.4) is 0 Å². The van der Waals surface area contributed by atoms with Crippen LogP contribution in [0.4, 0.5) is 24.8 Å². The van der Waals surface area contributed by atoms with Crippen molar-refractivity contribution in [1.82, 2.24) is 14.8 Å². The topological polar surface area (TPSA) is 104 Å². The lowest BCUT2D eigenvalue weighted by Gasteiger charge is -2.37. The van der Waals surface area contributed by atoms with Crippen LogP contribution in [0, 0.1) is 11.3 Å². The van der Waals surface area contributed by atoms with Crippen LogP contribution in [0.2, 0.25) is 0 Å². The van der Waals surface area contributed by atoms with E-state index in [9.17, 15) is 28.0 Å². The molecular formula is C29H32F3N6O3+. The van der Waals surface area contributed by atoms with E-state index < -0.39 is 29.4 Å². The Morgan fingerprint density at radius 3 is 2.59 bits per heavy atom. The number of H-pyrrole nitrogens is 1. The van der Waals surface area contributed by atoms with Gasteiger partial charge >= 0.3 is 17.8 Å². The number of aromatic amines is 1. The lowest BCUT2D eigenvalue weighted by molar-refractivity contribution is -0.903. The first-order valence-corrected chi connectivity index (χ1v) is 13.1. The molecule has 0 amide bonds. The summed E-state index contributed by atoms with van der Waals surface area (Å²) in [6.45, 7) is 5.03. The maximum absolute atomic E-state index is 13.6. The molecule has 0 spiro atoms. The third kappa shape index (κ3) is 5.76. The van der Waals surface area contributed by atoms with Gasteiger partial charge in [0.2, 0.25) is 5.95 Å². The first kappa shape index (κ1) is 29.6. The minimum atomic E-state index is -4.61. The monoisotopic (exact) mass is 569 g/mol. The smallest absolute Gasteiger partial charge is 0.416 e. The highest BCUT2D eigenvalue weighted by Crippen LogP contribution is 2.43. The van der Waals surface area contributed by atoms with E-state index in [1.165, 1.54) is 28.7 Å². The quantitative estimate of drug-likeness (QED) is 0.302. The molecule has 0 aliphatic carbocycles. The van der Waals surface area contributed by atoms with Gasteiger partial charge in [-0.05, 0) is 49.2 Å².